The van der Waals surface area contributed by atoms with E-state index in [0.29, 0.717) is 24.4 Å². The zero-order chi connectivity index (χ0) is 14.2. The molecule has 3 fully saturated rings. The summed E-state index contributed by atoms with van der Waals surface area (Å²) in [5.74, 6) is 0.320. The maximum atomic E-state index is 12.8. The van der Waals surface area contributed by atoms with Gasteiger partial charge in [-0.3, -0.25) is 4.79 Å². The number of nitrogens with zero attached hydrogens (tertiary/aromatic N) is 1. The molecule has 2 atom stereocenters. The summed E-state index contributed by atoms with van der Waals surface area (Å²) in [4.78, 5) is 14.9. The summed E-state index contributed by atoms with van der Waals surface area (Å²) in [5.41, 5.74) is 0.0326. The van der Waals surface area contributed by atoms with Crippen molar-refractivity contribution in [3.8, 4) is 0 Å². The highest BCUT2D eigenvalue weighted by molar-refractivity contribution is 5.78. The van der Waals surface area contributed by atoms with Gasteiger partial charge in [0, 0.05) is 24.0 Å². The summed E-state index contributed by atoms with van der Waals surface area (Å²) < 4.78 is 0. The summed E-state index contributed by atoms with van der Waals surface area (Å²) in [7, 11) is 2.01. The first-order chi connectivity index (χ1) is 9.63. The number of hydrogen-bond acceptors (Lipinski definition) is 3. The van der Waals surface area contributed by atoms with Crippen molar-refractivity contribution < 1.29 is 9.90 Å². The lowest BCUT2D eigenvalue weighted by Gasteiger charge is -2.42. The molecule has 0 aromatic rings. The van der Waals surface area contributed by atoms with Crippen LogP contribution in [-0.2, 0) is 4.79 Å². The van der Waals surface area contributed by atoms with Gasteiger partial charge in [0.15, 0.2) is 0 Å². The molecule has 2 bridgehead atoms. The van der Waals surface area contributed by atoms with Crippen molar-refractivity contribution in [2.75, 3.05) is 7.05 Å². The van der Waals surface area contributed by atoms with Crippen molar-refractivity contribution in [3.05, 3.63) is 0 Å². The highest BCUT2D eigenvalue weighted by atomic mass is 16.3. The molecule has 1 saturated carbocycles. The maximum absolute atomic E-state index is 12.8. The van der Waals surface area contributed by atoms with Crippen LogP contribution in [0.1, 0.15) is 64.2 Å². The minimum Gasteiger partial charge on any atom is -0.393 e. The standard InChI is InChI=1S/C16H28N2O2/c1-17-16(7-3-2-4-8-16)11-15(20)18-12-5-6-13(18)10-14(19)9-12/h12-14,17,19H,2-11H2,1H3. The summed E-state index contributed by atoms with van der Waals surface area (Å²) in [5, 5.41) is 13.3. The summed E-state index contributed by atoms with van der Waals surface area (Å²) in [6, 6.07) is 0.600. The zero-order valence-electron chi connectivity index (χ0n) is 12.6. The van der Waals surface area contributed by atoms with Gasteiger partial charge in [-0.1, -0.05) is 19.3 Å². The fourth-order valence-electron chi connectivity index (χ4n) is 4.68. The molecule has 2 unspecified atom stereocenters. The van der Waals surface area contributed by atoms with Gasteiger partial charge in [-0.2, -0.15) is 0 Å². The Labute approximate surface area is 121 Å². The Morgan fingerprint density at radius 1 is 1.20 bits per heavy atom. The largest absolute Gasteiger partial charge is 0.393 e. The molecule has 0 spiro atoms. The van der Waals surface area contributed by atoms with E-state index in [1.807, 2.05) is 7.05 Å². The molecule has 1 amide bonds. The van der Waals surface area contributed by atoms with Crippen LogP contribution < -0.4 is 5.32 Å². The van der Waals surface area contributed by atoms with Crippen molar-refractivity contribution in [3.63, 3.8) is 0 Å². The fraction of sp³-hybridized carbons (Fsp3) is 0.938. The van der Waals surface area contributed by atoms with E-state index >= 15 is 0 Å². The molecule has 2 saturated heterocycles. The number of aliphatic hydroxyl groups is 1. The van der Waals surface area contributed by atoms with Crippen molar-refractivity contribution >= 4 is 5.91 Å². The molecule has 2 N–H and O–H groups in total. The minimum atomic E-state index is -0.190. The van der Waals surface area contributed by atoms with Crippen LogP contribution in [0.2, 0.25) is 0 Å². The number of fused-ring (bicyclic) bond motifs is 2. The summed E-state index contributed by atoms with van der Waals surface area (Å²) in [6.07, 6.45) is 10.2. The third kappa shape index (κ3) is 2.60. The van der Waals surface area contributed by atoms with Crippen molar-refractivity contribution in [2.45, 2.75) is 87.9 Å². The van der Waals surface area contributed by atoms with Gasteiger partial charge >= 0.3 is 0 Å². The second kappa shape index (κ2) is 5.64. The van der Waals surface area contributed by atoms with Crippen LogP contribution in [0.25, 0.3) is 0 Å². The van der Waals surface area contributed by atoms with E-state index < -0.39 is 0 Å². The highest BCUT2D eigenvalue weighted by Crippen LogP contribution is 2.38. The van der Waals surface area contributed by atoms with Crippen LogP contribution in [0, 0.1) is 0 Å². The Morgan fingerprint density at radius 2 is 1.80 bits per heavy atom. The van der Waals surface area contributed by atoms with E-state index in [9.17, 15) is 9.90 Å². The Balaban J connectivity index is 1.67. The number of aliphatic hydroxyl groups excluding tert-OH is 1. The number of rotatable bonds is 3. The monoisotopic (exact) mass is 280 g/mol. The topological polar surface area (TPSA) is 52.6 Å². The second-order valence-corrected chi connectivity index (χ2v) is 7.08. The molecule has 20 heavy (non-hydrogen) atoms. The van der Waals surface area contributed by atoms with Crippen LogP contribution in [0.3, 0.4) is 0 Å². The van der Waals surface area contributed by atoms with Gasteiger partial charge in [-0.15, -0.1) is 0 Å². The molecule has 0 radical (unpaired) electrons. The molecule has 3 aliphatic rings. The lowest BCUT2D eigenvalue weighted by atomic mass is 9.79. The van der Waals surface area contributed by atoms with Gasteiger partial charge in [0.25, 0.3) is 0 Å². The Kier molecular flexibility index (Phi) is 4.04. The highest BCUT2D eigenvalue weighted by Gasteiger charge is 2.44. The average molecular weight is 280 g/mol. The molecule has 4 nitrogen and oxygen atoms in total. The SMILES string of the molecule is CNC1(CC(=O)N2C3CCC2CC(O)C3)CCCCC1. The van der Waals surface area contributed by atoms with Gasteiger partial charge < -0.3 is 15.3 Å². The predicted molar refractivity (Wildman–Crippen MR) is 78.4 cm³/mol. The smallest absolute Gasteiger partial charge is 0.224 e. The molecule has 1 aliphatic carbocycles. The molecular formula is C16H28N2O2. The first-order valence-electron chi connectivity index (χ1n) is 8.32. The van der Waals surface area contributed by atoms with Gasteiger partial charge in [0.1, 0.15) is 0 Å². The number of carbonyl (C=O) groups excluding carboxylic acids is 1. The number of carbonyl (C=O) groups is 1. The quantitative estimate of drug-likeness (QED) is 0.829. The van der Waals surface area contributed by atoms with Crippen molar-refractivity contribution in [2.24, 2.45) is 0 Å². The number of hydrogen-bond donors (Lipinski definition) is 2. The van der Waals surface area contributed by atoms with Crippen LogP contribution in [-0.4, -0.2) is 46.7 Å². The first-order valence-corrected chi connectivity index (χ1v) is 8.32. The van der Waals surface area contributed by atoms with E-state index in [2.05, 4.69) is 10.2 Å². The van der Waals surface area contributed by atoms with Gasteiger partial charge in [-0.25, -0.2) is 0 Å². The molecule has 4 heteroatoms. The molecule has 2 aliphatic heterocycles. The Bertz CT molecular complexity index is 351. The number of piperidine rings is 1. The third-order valence-electron chi connectivity index (χ3n) is 5.83. The molecule has 0 aromatic carbocycles. The number of amides is 1. The second-order valence-electron chi connectivity index (χ2n) is 7.08. The van der Waals surface area contributed by atoms with Crippen LogP contribution in [0.5, 0.6) is 0 Å². The van der Waals surface area contributed by atoms with Crippen molar-refractivity contribution in [1.82, 2.24) is 10.2 Å². The van der Waals surface area contributed by atoms with Crippen molar-refractivity contribution in [1.29, 1.82) is 0 Å². The van der Waals surface area contributed by atoms with E-state index in [0.717, 1.165) is 38.5 Å². The summed E-state index contributed by atoms with van der Waals surface area (Å²) in [6.45, 7) is 0. The lowest BCUT2D eigenvalue weighted by molar-refractivity contribution is -0.139. The third-order valence-corrected chi connectivity index (χ3v) is 5.83. The van der Waals surface area contributed by atoms with E-state index in [1.54, 1.807) is 0 Å². The number of nitrogens with one attached hydrogen (secondary N) is 1. The Hall–Kier alpha value is -0.610. The molecule has 2 heterocycles. The minimum absolute atomic E-state index is 0.0326. The van der Waals surface area contributed by atoms with Crippen LogP contribution >= 0.6 is 0 Å². The average Bonchev–Trinajstić information content (AvgIpc) is 2.72. The normalized spacial score (nSPS) is 36.1. The first kappa shape index (κ1) is 14.3. The van der Waals surface area contributed by atoms with Gasteiger partial charge in [0.05, 0.1) is 6.10 Å². The van der Waals surface area contributed by atoms with Crippen LogP contribution in [0.15, 0.2) is 0 Å². The maximum Gasteiger partial charge on any atom is 0.224 e. The molecule has 114 valence electrons. The molecule has 0 aromatic heterocycles. The van der Waals surface area contributed by atoms with Crippen LogP contribution in [0.4, 0.5) is 0 Å². The van der Waals surface area contributed by atoms with E-state index in [4.69, 9.17) is 0 Å². The predicted octanol–water partition coefficient (Wildman–Crippen LogP) is 1.81. The fourth-order valence-corrected chi connectivity index (χ4v) is 4.68. The van der Waals surface area contributed by atoms with E-state index in [-0.39, 0.29) is 11.6 Å². The van der Waals surface area contributed by atoms with Gasteiger partial charge in [0.2, 0.25) is 5.91 Å². The van der Waals surface area contributed by atoms with E-state index in [1.165, 1.54) is 19.3 Å². The zero-order valence-corrected chi connectivity index (χ0v) is 12.6. The molecular weight excluding hydrogens is 252 g/mol. The Morgan fingerprint density at radius 3 is 2.35 bits per heavy atom. The lowest BCUT2D eigenvalue weighted by Crippen LogP contribution is -2.53. The summed E-state index contributed by atoms with van der Waals surface area (Å²) >= 11 is 0. The van der Waals surface area contributed by atoms with Gasteiger partial charge in [-0.05, 0) is 45.6 Å². The molecule has 3 rings (SSSR count).